The highest BCUT2D eigenvalue weighted by Gasteiger charge is 2.16. The fraction of sp³-hybridized carbons (Fsp3) is 0.700. The second-order valence-corrected chi connectivity index (χ2v) is 3.70. The Balaban J connectivity index is 2.58. The zero-order chi connectivity index (χ0) is 9.84. The maximum atomic E-state index is 11.2. The summed E-state index contributed by atoms with van der Waals surface area (Å²) in [5.41, 5.74) is 7.09. The lowest BCUT2D eigenvalue weighted by atomic mass is 10.1. The quantitative estimate of drug-likeness (QED) is 0.660. The van der Waals surface area contributed by atoms with Gasteiger partial charge in [-0.15, -0.1) is 0 Å². The lowest BCUT2D eigenvalue weighted by Crippen LogP contribution is -2.26. The van der Waals surface area contributed by atoms with E-state index in [4.69, 9.17) is 5.73 Å². The number of hydrogen-bond acceptors (Lipinski definition) is 3. The monoisotopic (exact) mass is 182 g/mol. The molecule has 0 aromatic rings. The maximum Gasteiger partial charge on any atom is 0.158 e. The van der Waals surface area contributed by atoms with Gasteiger partial charge in [0.2, 0.25) is 0 Å². The first kappa shape index (κ1) is 10.3. The van der Waals surface area contributed by atoms with Crippen molar-refractivity contribution in [3.63, 3.8) is 0 Å². The van der Waals surface area contributed by atoms with Crippen molar-refractivity contribution in [2.24, 2.45) is 5.73 Å². The lowest BCUT2D eigenvalue weighted by Gasteiger charge is -2.16. The van der Waals surface area contributed by atoms with Crippen LogP contribution in [0.1, 0.15) is 26.7 Å². The van der Waals surface area contributed by atoms with Crippen molar-refractivity contribution >= 4 is 5.78 Å². The van der Waals surface area contributed by atoms with Crippen LogP contribution in [0.2, 0.25) is 0 Å². The minimum absolute atomic E-state index is 0.104. The van der Waals surface area contributed by atoms with Crippen molar-refractivity contribution in [1.29, 1.82) is 0 Å². The van der Waals surface area contributed by atoms with Gasteiger partial charge in [0.1, 0.15) is 0 Å². The van der Waals surface area contributed by atoms with Gasteiger partial charge >= 0.3 is 0 Å². The molecular weight excluding hydrogens is 164 g/mol. The number of nitrogens with two attached hydrogens (primary N) is 1. The Morgan fingerprint density at radius 1 is 1.31 bits per heavy atom. The van der Waals surface area contributed by atoms with Crippen molar-refractivity contribution in [1.82, 2.24) is 4.90 Å². The highest BCUT2D eigenvalue weighted by atomic mass is 16.1. The predicted molar refractivity (Wildman–Crippen MR) is 53.2 cm³/mol. The summed E-state index contributed by atoms with van der Waals surface area (Å²) in [5.74, 6) is 0.104. The molecule has 0 bridgehead atoms. The first-order valence-electron chi connectivity index (χ1n) is 4.80. The predicted octanol–water partition coefficient (Wildman–Crippen LogP) is 0.904. The van der Waals surface area contributed by atoms with Crippen LogP contribution >= 0.6 is 0 Å². The molecule has 0 aromatic heterocycles. The van der Waals surface area contributed by atoms with E-state index < -0.39 is 0 Å². The van der Waals surface area contributed by atoms with Gasteiger partial charge in [0.05, 0.1) is 0 Å². The highest BCUT2D eigenvalue weighted by molar-refractivity contribution is 5.94. The molecule has 0 aliphatic carbocycles. The van der Waals surface area contributed by atoms with Crippen LogP contribution in [0, 0.1) is 0 Å². The van der Waals surface area contributed by atoms with Crippen LogP contribution in [0.15, 0.2) is 11.3 Å². The largest absolute Gasteiger partial charge is 0.402 e. The molecule has 0 radical (unpaired) electrons. The second-order valence-electron chi connectivity index (χ2n) is 3.70. The zero-order valence-corrected chi connectivity index (χ0v) is 8.47. The highest BCUT2D eigenvalue weighted by Crippen LogP contribution is 2.11. The van der Waals surface area contributed by atoms with Gasteiger partial charge in [-0.25, -0.2) is 0 Å². The number of carbonyl (C=O) groups is 1. The number of hydrogen-bond donors (Lipinski definition) is 1. The van der Waals surface area contributed by atoms with Crippen LogP contribution in [0.3, 0.4) is 0 Å². The van der Waals surface area contributed by atoms with E-state index in [0.29, 0.717) is 5.70 Å². The molecule has 0 unspecified atom stereocenters. The fourth-order valence-corrected chi connectivity index (χ4v) is 1.68. The van der Waals surface area contributed by atoms with E-state index in [2.05, 4.69) is 4.90 Å². The molecule has 1 aliphatic rings. The van der Waals surface area contributed by atoms with Gasteiger partial charge in [-0.3, -0.25) is 9.69 Å². The Bertz CT molecular complexity index is 223. The summed E-state index contributed by atoms with van der Waals surface area (Å²) < 4.78 is 0. The van der Waals surface area contributed by atoms with Gasteiger partial charge in [0.25, 0.3) is 0 Å². The zero-order valence-electron chi connectivity index (χ0n) is 8.47. The summed E-state index contributed by atoms with van der Waals surface area (Å²) in [5, 5.41) is 0. The van der Waals surface area contributed by atoms with Gasteiger partial charge in [0.15, 0.2) is 5.78 Å². The molecule has 1 aliphatic heterocycles. The van der Waals surface area contributed by atoms with Crippen LogP contribution < -0.4 is 5.73 Å². The molecule has 13 heavy (non-hydrogen) atoms. The number of ketones is 1. The smallest absolute Gasteiger partial charge is 0.158 e. The van der Waals surface area contributed by atoms with Gasteiger partial charge in [0, 0.05) is 17.8 Å². The van der Waals surface area contributed by atoms with Crippen molar-refractivity contribution in [2.45, 2.75) is 26.7 Å². The van der Waals surface area contributed by atoms with Crippen molar-refractivity contribution < 1.29 is 4.79 Å². The number of carbonyl (C=O) groups excluding carboxylic acids is 1. The summed E-state index contributed by atoms with van der Waals surface area (Å²) in [4.78, 5) is 13.5. The Kier molecular flexibility index (Phi) is 3.48. The Hall–Kier alpha value is -0.830. The maximum absolute atomic E-state index is 11.2. The minimum Gasteiger partial charge on any atom is -0.402 e. The summed E-state index contributed by atoms with van der Waals surface area (Å²) in [6, 6.07) is 0. The topological polar surface area (TPSA) is 46.3 Å². The van der Waals surface area contributed by atoms with E-state index in [-0.39, 0.29) is 5.78 Å². The molecule has 3 heteroatoms. The third kappa shape index (κ3) is 2.84. The summed E-state index contributed by atoms with van der Waals surface area (Å²) in [6.07, 6.45) is 2.49. The van der Waals surface area contributed by atoms with Crippen LogP contribution in [0.25, 0.3) is 0 Å². The molecule has 3 nitrogen and oxygen atoms in total. The molecular formula is C10H18N2O. The van der Waals surface area contributed by atoms with Crippen LogP contribution in [0.5, 0.6) is 0 Å². The lowest BCUT2D eigenvalue weighted by molar-refractivity contribution is -0.113. The summed E-state index contributed by atoms with van der Waals surface area (Å²) >= 11 is 0. The van der Waals surface area contributed by atoms with E-state index in [9.17, 15) is 4.79 Å². The standard InChI is InChI=1S/C10H18N2O/c1-8(11)10(9(2)13)7-12-5-3-4-6-12/h3-7,11H2,1-2H3/b10-8+. The second kappa shape index (κ2) is 4.42. The van der Waals surface area contributed by atoms with Crippen LogP contribution in [0.4, 0.5) is 0 Å². The summed E-state index contributed by atoms with van der Waals surface area (Å²) in [6.45, 7) is 6.32. The molecule has 1 rings (SSSR count). The molecule has 1 fully saturated rings. The molecule has 0 amide bonds. The molecule has 0 atom stereocenters. The Morgan fingerprint density at radius 3 is 2.23 bits per heavy atom. The SMILES string of the molecule is CC(=O)/C(CN1CCCC1)=C(\C)N. The molecule has 1 saturated heterocycles. The van der Waals surface area contributed by atoms with Gasteiger partial charge in [-0.2, -0.15) is 0 Å². The molecule has 2 N–H and O–H groups in total. The third-order valence-corrected chi connectivity index (χ3v) is 2.48. The van der Waals surface area contributed by atoms with E-state index in [1.807, 2.05) is 0 Å². The van der Waals surface area contributed by atoms with Gasteiger partial charge < -0.3 is 5.73 Å². The van der Waals surface area contributed by atoms with Crippen LogP contribution in [-0.4, -0.2) is 30.3 Å². The van der Waals surface area contributed by atoms with Crippen LogP contribution in [-0.2, 0) is 4.79 Å². The van der Waals surface area contributed by atoms with E-state index in [0.717, 1.165) is 25.2 Å². The molecule has 1 heterocycles. The number of allylic oxidation sites excluding steroid dienone is 1. The Labute approximate surface area is 79.6 Å². The molecule has 0 aromatic carbocycles. The van der Waals surface area contributed by atoms with E-state index in [1.165, 1.54) is 12.8 Å². The van der Waals surface area contributed by atoms with Crippen molar-refractivity contribution in [2.75, 3.05) is 19.6 Å². The average Bonchev–Trinajstić information content (AvgIpc) is 2.50. The average molecular weight is 182 g/mol. The molecule has 0 spiro atoms. The van der Waals surface area contributed by atoms with E-state index >= 15 is 0 Å². The van der Waals surface area contributed by atoms with Crippen molar-refractivity contribution in [3.8, 4) is 0 Å². The first-order valence-corrected chi connectivity index (χ1v) is 4.80. The number of Topliss-reactive ketones (excluding diaryl/α,β-unsaturated/α-hetero) is 1. The minimum atomic E-state index is 0.104. The Morgan fingerprint density at radius 2 is 1.85 bits per heavy atom. The first-order chi connectivity index (χ1) is 6.11. The third-order valence-electron chi connectivity index (χ3n) is 2.48. The number of likely N-dealkylation sites (tertiary alicyclic amines) is 1. The van der Waals surface area contributed by atoms with Gasteiger partial charge in [-0.1, -0.05) is 0 Å². The van der Waals surface area contributed by atoms with Gasteiger partial charge in [-0.05, 0) is 39.8 Å². The number of rotatable bonds is 3. The van der Waals surface area contributed by atoms with E-state index in [1.54, 1.807) is 13.8 Å². The summed E-state index contributed by atoms with van der Waals surface area (Å²) in [7, 11) is 0. The van der Waals surface area contributed by atoms with Crippen molar-refractivity contribution in [3.05, 3.63) is 11.3 Å². The molecule has 0 saturated carbocycles. The number of nitrogens with zero attached hydrogens (tertiary/aromatic N) is 1. The normalized spacial score (nSPS) is 20.2. The fourth-order valence-electron chi connectivity index (χ4n) is 1.68. The molecule has 74 valence electrons.